The topological polar surface area (TPSA) is 72.5 Å². The summed E-state index contributed by atoms with van der Waals surface area (Å²) in [5.41, 5.74) is 5.70. The van der Waals surface area contributed by atoms with Crippen molar-refractivity contribution < 1.29 is 14.6 Å². The molecule has 0 amide bonds. The Kier molecular flexibility index (Phi) is 1.96. The summed E-state index contributed by atoms with van der Waals surface area (Å²) in [6.07, 6.45) is -1.36. The van der Waals surface area contributed by atoms with E-state index in [0.29, 0.717) is 5.69 Å². The molecule has 11 heavy (non-hydrogen) atoms. The minimum atomic E-state index is -1.36. The fourth-order valence-corrected chi connectivity index (χ4v) is 0.668. The van der Waals surface area contributed by atoms with Crippen LogP contribution in [0.3, 0.4) is 0 Å². The highest BCUT2D eigenvalue weighted by molar-refractivity contribution is 5.65. The molecule has 58 valence electrons. The Hall–Kier alpha value is -1.71. The van der Waals surface area contributed by atoms with Crippen LogP contribution in [0, 0.1) is 0 Å². The molecular formula is C7H7NO3. The van der Waals surface area contributed by atoms with Gasteiger partial charge in [-0.05, 0) is 12.1 Å². The number of nitrogens with two attached hydrogens (primary N) is 1. The van der Waals surface area contributed by atoms with E-state index in [0.717, 1.165) is 0 Å². The molecule has 0 heterocycles. The lowest BCUT2D eigenvalue weighted by Gasteiger charge is -2.01. The number of anilines is 1. The summed E-state index contributed by atoms with van der Waals surface area (Å²) >= 11 is 0. The lowest BCUT2D eigenvalue weighted by molar-refractivity contribution is 0.144. The monoisotopic (exact) mass is 153 g/mol. The number of carboxylic acid groups (broad SMARTS) is 1. The molecule has 4 heteroatoms. The second-order valence-electron chi connectivity index (χ2n) is 1.91. The molecule has 0 spiro atoms. The van der Waals surface area contributed by atoms with Crippen molar-refractivity contribution in [2.75, 3.05) is 5.73 Å². The van der Waals surface area contributed by atoms with E-state index in [-0.39, 0.29) is 5.75 Å². The van der Waals surface area contributed by atoms with Crippen LogP contribution in [-0.2, 0) is 0 Å². The molecule has 3 N–H and O–H groups in total. The maximum atomic E-state index is 10.0. The fourth-order valence-electron chi connectivity index (χ4n) is 0.668. The molecule has 4 nitrogen and oxygen atoms in total. The van der Waals surface area contributed by atoms with Gasteiger partial charge in [-0.2, -0.15) is 0 Å². The highest BCUT2D eigenvalue weighted by Crippen LogP contribution is 2.19. The predicted molar refractivity (Wildman–Crippen MR) is 39.5 cm³/mol. The van der Waals surface area contributed by atoms with Gasteiger partial charge in [0.15, 0.2) is 5.75 Å². The van der Waals surface area contributed by atoms with Crippen molar-refractivity contribution in [3.8, 4) is 5.75 Å². The summed E-state index contributed by atoms with van der Waals surface area (Å²) in [5, 5.41) is 8.21. The van der Waals surface area contributed by atoms with E-state index in [2.05, 4.69) is 4.74 Å². The smallest absolute Gasteiger partial charge is 0.449 e. The number of nitrogen functional groups attached to an aromatic ring is 1. The van der Waals surface area contributed by atoms with Crippen molar-refractivity contribution in [1.82, 2.24) is 0 Å². The van der Waals surface area contributed by atoms with E-state index >= 15 is 0 Å². The van der Waals surface area contributed by atoms with E-state index in [1.54, 1.807) is 18.2 Å². The van der Waals surface area contributed by atoms with Gasteiger partial charge in [0.05, 0.1) is 5.69 Å². The Bertz CT molecular complexity index is 272. The van der Waals surface area contributed by atoms with Crippen molar-refractivity contribution in [3.05, 3.63) is 24.3 Å². The molecule has 1 aromatic rings. The minimum absolute atomic E-state index is 0.167. The van der Waals surface area contributed by atoms with E-state index in [1.807, 2.05) is 0 Å². The maximum absolute atomic E-state index is 10.0. The van der Waals surface area contributed by atoms with E-state index in [4.69, 9.17) is 10.8 Å². The molecule has 0 aliphatic heterocycles. The van der Waals surface area contributed by atoms with E-state index in [9.17, 15) is 4.79 Å². The second kappa shape index (κ2) is 2.92. The third-order valence-corrected chi connectivity index (χ3v) is 1.12. The number of para-hydroxylation sites is 2. The highest BCUT2D eigenvalue weighted by atomic mass is 16.7. The second-order valence-corrected chi connectivity index (χ2v) is 1.91. The molecule has 1 aromatic carbocycles. The van der Waals surface area contributed by atoms with E-state index in [1.165, 1.54) is 6.07 Å². The molecule has 1 rings (SSSR count). The third kappa shape index (κ3) is 1.86. The SMILES string of the molecule is Nc1ccccc1OC(=O)O. The number of ether oxygens (including phenoxy) is 1. The van der Waals surface area contributed by atoms with Gasteiger partial charge in [0.25, 0.3) is 0 Å². The Morgan fingerprint density at radius 3 is 2.64 bits per heavy atom. The van der Waals surface area contributed by atoms with Gasteiger partial charge < -0.3 is 15.6 Å². The largest absolute Gasteiger partial charge is 0.511 e. The molecule has 0 aliphatic rings. The molecule has 0 unspecified atom stereocenters. The van der Waals surface area contributed by atoms with Crippen molar-refractivity contribution in [3.63, 3.8) is 0 Å². The number of benzene rings is 1. The quantitative estimate of drug-likeness (QED) is 0.362. The minimum Gasteiger partial charge on any atom is -0.449 e. The molecule has 0 saturated heterocycles. The Morgan fingerprint density at radius 2 is 2.09 bits per heavy atom. The Labute approximate surface area is 63.2 Å². The summed E-state index contributed by atoms with van der Waals surface area (Å²) in [6.45, 7) is 0. The van der Waals surface area contributed by atoms with Gasteiger partial charge in [-0.3, -0.25) is 0 Å². The summed E-state index contributed by atoms with van der Waals surface area (Å²) in [7, 11) is 0. The van der Waals surface area contributed by atoms with Crippen LogP contribution in [0.1, 0.15) is 0 Å². The molecule has 0 saturated carbocycles. The average molecular weight is 153 g/mol. The zero-order chi connectivity index (χ0) is 8.27. The zero-order valence-corrected chi connectivity index (χ0v) is 5.65. The third-order valence-electron chi connectivity index (χ3n) is 1.12. The first kappa shape index (κ1) is 7.40. The highest BCUT2D eigenvalue weighted by Gasteiger charge is 2.02. The van der Waals surface area contributed by atoms with Gasteiger partial charge in [0.1, 0.15) is 0 Å². The lowest BCUT2D eigenvalue weighted by Crippen LogP contribution is -2.04. The van der Waals surface area contributed by atoms with Crippen LogP contribution in [0.15, 0.2) is 24.3 Å². The molecule has 0 aliphatic carbocycles. The average Bonchev–Trinajstić information content (AvgIpc) is 1.93. The molecule has 0 aromatic heterocycles. The number of rotatable bonds is 1. The Balaban J connectivity index is 2.86. The van der Waals surface area contributed by atoms with Crippen molar-refractivity contribution >= 4 is 11.8 Å². The van der Waals surface area contributed by atoms with Crippen LogP contribution >= 0.6 is 0 Å². The first-order chi connectivity index (χ1) is 5.20. The van der Waals surface area contributed by atoms with Crippen LogP contribution < -0.4 is 10.5 Å². The van der Waals surface area contributed by atoms with Gasteiger partial charge in [-0.15, -0.1) is 0 Å². The molecular weight excluding hydrogens is 146 g/mol. The summed E-state index contributed by atoms with van der Waals surface area (Å²) in [4.78, 5) is 10.0. The summed E-state index contributed by atoms with van der Waals surface area (Å²) in [5.74, 6) is 0.167. The molecule has 0 fully saturated rings. The molecule has 0 atom stereocenters. The summed E-state index contributed by atoms with van der Waals surface area (Å²) < 4.78 is 4.34. The maximum Gasteiger partial charge on any atom is 0.511 e. The van der Waals surface area contributed by atoms with Crippen LogP contribution in [0.2, 0.25) is 0 Å². The molecule has 0 bridgehead atoms. The van der Waals surface area contributed by atoms with Gasteiger partial charge in [-0.25, -0.2) is 4.79 Å². The van der Waals surface area contributed by atoms with Gasteiger partial charge in [0.2, 0.25) is 0 Å². The van der Waals surface area contributed by atoms with Crippen LogP contribution in [0.5, 0.6) is 5.75 Å². The van der Waals surface area contributed by atoms with Crippen molar-refractivity contribution in [2.24, 2.45) is 0 Å². The van der Waals surface area contributed by atoms with Gasteiger partial charge in [-0.1, -0.05) is 12.1 Å². The van der Waals surface area contributed by atoms with Crippen molar-refractivity contribution in [2.45, 2.75) is 0 Å². The van der Waals surface area contributed by atoms with E-state index < -0.39 is 6.16 Å². The van der Waals surface area contributed by atoms with Gasteiger partial charge in [0, 0.05) is 0 Å². The normalized spacial score (nSPS) is 9.09. The number of carbonyl (C=O) groups is 1. The van der Waals surface area contributed by atoms with Crippen molar-refractivity contribution in [1.29, 1.82) is 0 Å². The first-order valence-electron chi connectivity index (χ1n) is 2.95. The Morgan fingerprint density at radius 1 is 1.45 bits per heavy atom. The van der Waals surface area contributed by atoms with Crippen LogP contribution in [-0.4, -0.2) is 11.3 Å². The lowest BCUT2D eigenvalue weighted by atomic mass is 10.3. The number of hydrogen-bond acceptors (Lipinski definition) is 3. The van der Waals surface area contributed by atoms with Gasteiger partial charge >= 0.3 is 6.16 Å². The number of hydrogen-bond donors (Lipinski definition) is 2. The van der Waals surface area contributed by atoms with Crippen LogP contribution in [0.25, 0.3) is 0 Å². The predicted octanol–water partition coefficient (Wildman–Crippen LogP) is 1.33. The zero-order valence-electron chi connectivity index (χ0n) is 5.65. The summed E-state index contributed by atoms with van der Waals surface area (Å²) in [6, 6.07) is 6.40. The first-order valence-corrected chi connectivity index (χ1v) is 2.95. The standard InChI is InChI=1S/C7H7NO3/c8-5-3-1-2-4-6(5)11-7(9)10/h1-4H,8H2,(H,9,10). The molecule has 0 radical (unpaired) electrons. The fraction of sp³-hybridized carbons (Fsp3) is 0. The van der Waals surface area contributed by atoms with Crippen LogP contribution in [0.4, 0.5) is 10.5 Å².